The molecule has 4 nitrogen and oxygen atoms in total. The molecule has 3 aromatic carbocycles. The minimum absolute atomic E-state index is 0.0309. The summed E-state index contributed by atoms with van der Waals surface area (Å²) in [5.74, 6) is 0.135. The van der Waals surface area contributed by atoms with Crippen molar-refractivity contribution in [2.24, 2.45) is 0 Å². The molecule has 0 aliphatic heterocycles. The van der Waals surface area contributed by atoms with E-state index >= 15 is 0 Å². The number of ether oxygens (including phenoxy) is 1. The third kappa shape index (κ3) is 4.11. The number of nitrogens with zero attached hydrogens (tertiary/aromatic N) is 1. The van der Waals surface area contributed by atoms with Gasteiger partial charge >= 0.3 is 5.97 Å². The lowest BCUT2D eigenvalue weighted by Crippen LogP contribution is -2.19. The van der Waals surface area contributed by atoms with Gasteiger partial charge in [-0.05, 0) is 63.9 Å². The van der Waals surface area contributed by atoms with Gasteiger partial charge in [-0.25, -0.2) is 4.79 Å². The lowest BCUT2D eigenvalue weighted by molar-refractivity contribution is 0.0740. The number of hydrogen-bond acceptors (Lipinski definition) is 4. The van der Waals surface area contributed by atoms with Crippen molar-refractivity contribution in [3.05, 3.63) is 123 Å². The number of pyridine rings is 1. The highest BCUT2D eigenvalue weighted by atomic mass is 32.1. The van der Waals surface area contributed by atoms with Crippen LogP contribution in [0, 0.1) is 0 Å². The van der Waals surface area contributed by atoms with E-state index in [0.717, 1.165) is 27.6 Å². The Morgan fingerprint density at radius 1 is 0.812 bits per heavy atom. The van der Waals surface area contributed by atoms with E-state index in [4.69, 9.17) is 4.74 Å². The van der Waals surface area contributed by atoms with Crippen molar-refractivity contribution in [2.75, 3.05) is 0 Å². The van der Waals surface area contributed by atoms with Gasteiger partial charge in [-0.3, -0.25) is 4.79 Å². The molecule has 0 aliphatic rings. The van der Waals surface area contributed by atoms with E-state index in [-0.39, 0.29) is 11.5 Å². The average molecular weight is 438 g/mol. The number of carbonyl (C=O) groups excluding carboxylic acids is 1. The normalized spacial score (nSPS) is 10.9. The minimum Gasteiger partial charge on any atom is -0.422 e. The Morgan fingerprint density at radius 2 is 1.66 bits per heavy atom. The summed E-state index contributed by atoms with van der Waals surface area (Å²) >= 11 is 1.35. The van der Waals surface area contributed by atoms with E-state index in [1.165, 1.54) is 11.3 Å². The third-order valence-corrected chi connectivity index (χ3v) is 6.12. The van der Waals surface area contributed by atoms with Crippen molar-refractivity contribution in [3.63, 3.8) is 0 Å². The van der Waals surface area contributed by atoms with Gasteiger partial charge in [0.25, 0.3) is 5.56 Å². The van der Waals surface area contributed by atoms with Crippen LogP contribution in [0.3, 0.4) is 0 Å². The van der Waals surface area contributed by atoms with Gasteiger partial charge in [0.05, 0.1) is 12.1 Å². The second kappa shape index (κ2) is 8.65. The first-order chi connectivity index (χ1) is 15.7. The van der Waals surface area contributed by atoms with Crippen LogP contribution in [0.2, 0.25) is 0 Å². The smallest absolute Gasteiger partial charge is 0.353 e. The number of carbonyl (C=O) groups is 1. The molecule has 2 heterocycles. The van der Waals surface area contributed by atoms with Crippen LogP contribution in [0.4, 0.5) is 0 Å². The highest BCUT2D eigenvalue weighted by Crippen LogP contribution is 2.27. The summed E-state index contributed by atoms with van der Waals surface area (Å²) in [6, 6.07) is 30.5. The highest BCUT2D eigenvalue weighted by Gasteiger charge is 2.11. The summed E-state index contributed by atoms with van der Waals surface area (Å²) in [5.41, 5.74) is 3.84. The Labute approximate surface area is 189 Å². The first-order valence-corrected chi connectivity index (χ1v) is 11.1. The number of esters is 1. The van der Waals surface area contributed by atoms with E-state index in [9.17, 15) is 9.59 Å². The van der Waals surface area contributed by atoms with Crippen LogP contribution in [0.15, 0.2) is 107 Å². The molecule has 0 bridgehead atoms. The number of hydrogen-bond donors (Lipinski definition) is 0. The molecule has 0 aliphatic carbocycles. The molecule has 0 unspecified atom stereocenters. The number of aromatic nitrogens is 1. The Morgan fingerprint density at radius 3 is 2.47 bits per heavy atom. The van der Waals surface area contributed by atoms with Gasteiger partial charge in [0.1, 0.15) is 10.6 Å². The van der Waals surface area contributed by atoms with Crippen LogP contribution in [0.25, 0.3) is 22.0 Å². The zero-order valence-electron chi connectivity index (χ0n) is 17.1. The summed E-state index contributed by atoms with van der Waals surface area (Å²) in [5, 5.41) is 2.82. The fourth-order valence-electron chi connectivity index (χ4n) is 3.70. The second-order valence-electron chi connectivity index (χ2n) is 7.41. The van der Waals surface area contributed by atoms with Crippen LogP contribution in [0.5, 0.6) is 5.75 Å². The Bertz CT molecular complexity index is 1450. The molecule has 32 heavy (non-hydrogen) atoms. The predicted molar refractivity (Wildman–Crippen MR) is 128 cm³/mol. The molecule has 0 atom stereocenters. The van der Waals surface area contributed by atoms with Crippen molar-refractivity contribution >= 4 is 28.2 Å². The minimum atomic E-state index is -0.361. The molecule has 156 valence electrons. The molecule has 0 saturated heterocycles. The van der Waals surface area contributed by atoms with Gasteiger partial charge in [-0.1, -0.05) is 54.6 Å². The van der Waals surface area contributed by atoms with E-state index < -0.39 is 0 Å². The first kappa shape index (κ1) is 20.0. The van der Waals surface area contributed by atoms with Crippen molar-refractivity contribution < 1.29 is 9.53 Å². The van der Waals surface area contributed by atoms with E-state index in [1.54, 1.807) is 22.8 Å². The van der Waals surface area contributed by atoms with Crippen LogP contribution in [-0.2, 0) is 6.54 Å². The average Bonchev–Trinajstić information content (AvgIpc) is 3.37. The Kier molecular flexibility index (Phi) is 5.40. The number of thiophene rings is 1. The summed E-state index contributed by atoms with van der Waals surface area (Å²) in [7, 11) is 0. The molecule has 5 aromatic rings. The number of rotatable bonds is 5. The van der Waals surface area contributed by atoms with E-state index in [1.807, 2.05) is 78.2 Å². The van der Waals surface area contributed by atoms with Crippen molar-refractivity contribution in [3.8, 4) is 16.9 Å². The third-order valence-electron chi connectivity index (χ3n) is 5.27. The van der Waals surface area contributed by atoms with Crippen molar-refractivity contribution in [1.29, 1.82) is 0 Å². The monoisotopic (exact) mass is 437 g/mol. The zero-order valence-corrected chi connectivity index (χ0v) is 17.9. The Hall–Kier alpha value is -3.96. The van der Waals surface area contributed by atoms with E-state index in [0.29, 0.717) is 17.2 Å². The molecule has 0 amide bonds. The maximum Gasteiger partial charge on any atom is 0.353 e. The first-order valence-electron chi connectivity index (χ1n) is 10.2. The molecule has 0 N–H and O–H groups in total. The molecule has 0 saturated carbocycles. The van der Waals surface area contributed by atoms with Gasteiger partial charge in [-0.15, -0.1) is 11.3 Å². The molecule has 0 spiro atoms. The summed E-state index contributed by atoms with van der Waals surface area (Å²) in [6.07, 6.45) is 0. The van der Waals surface area contributed by atoms with Gasteiger partial charge < -0.3 is 9.30 Å². The second-order valence-corrected chi connectivity index (χ2v) is 8.36. The highest BCUT2D eigenvalue weighted by molar-refractivity contribution is 7.12. The van der Waals surface area contributed by atoms with Gasteiger partial charge in [0.2, 0.25) is 0 Å². The van der Waals surface area contributed by atoms with Crippen LogP contribution in [0.1, 0.15) is 15.2 Å². The van der Waals surface area contributed by atoms with Gasteiger partial charge in [-0.2, -0.15) is 0 Å². The maximum atomic E-state index is 12.6. The molecule has 0 radical (unpaired) electrons. The number of benzene rings is 3. The quantitative estimate of drug-likeness (QED) is 0.250. The molecule has 5 rings (SSSR count). The van der Waals surface area contributed by atoms with Gasteiger partial charge in [0, 0.05) is 6.07 Å². The molecule has 2 aromatic heterocycles. The zero-order chi connectivity index (χ0) is 21.9. The molecule has 0 fully saturated rings. The summed E-state index contributed by atoms with van der Waals surface area (Å²) in [4.78, 5) is 25.4. The molecule has 5 heteroatoms. The maximum absolute atomic E-state index is 12.6. The lowest BCUT2D eigenvalue weighted by atomic mass is 10.0. The molecular weight excluding hydrogens is 418 g/mol. The largest absolute Gasteiger partial charge is 0.422 e. The SMILES string of the molecule is O=C(Oc1cccc(-c2ccc3c(ccc(=O)n3Cc3ccccc3)c2)c1)c1cccs1. The van der Waals surface area contributed by atoms with Crippen LogP contribution >= 0.6 is 11.3 Å². The van der Waals surface area contributed by atoms with Gasteiger partial charge in [0.15, 0.2) is 0 Å². The Balaban J connectivity index is 1.47. The standard InChI is InChI=1S/C27H19NO3S/c29-26-14-12-22-16-21(11-13-24(22)28(26)18-19-6-2-1-3-7-19)20-8-4-9-23(17-20)31-27(30)25-10-5-15-32-25/h1-17H,18H2. The van der Waals surface area contributed by atoms with Crippen molar-refractivity contribution in [1.82, 2.24) is 4.57 Å². The predicted octanol–water partition coefficient (Wildman–Crippen LogP) is 6.00. The van der Waals surface area contributed by atoms with Crippen molar-refractivity contribution in [2.45, 2.75) is 6.54 Å². The summed E-state index contributed by atoms with van der Waals surface area (Å²) in [6.45, 7) is 0.518. The van der Waals surface area contributed by atoms with Crippen LogP contribution < -0.4 is 10.3 Å². The fourth-order valence-corrected chi connectivity index (χ4v) is 4.30. The van der Waals surface area contributed by atoms with E-state index in [2.05, 4.69) is 6.07 Å². The number of fused-ring (bicyclic) bond motifs is 1. The lowest BCUT2D eigenvalue weighted by Gasteiger charge is -2.12. The van der Waals surface area contributed by atoms with Crippen LogP contribution in [-0.4, -0.2) is 10.5 Å². The topological polar surface area (TPSA) is 48.3 Å². The molecular formula is C27H19NO3S. The fraction of sp³-hybridized carbons (Fsp3) is 0.0370. The summed E-state index contributed by atoms with van der Waals surface area (Å²) < 4.78 is 7.32.